The molecule has 0 aromatic rings. The maximum Gasteiger partial charge on any atom is 0.0698 e. The second-order valence-electron chi connectivity index (χ2n) is 4.75. The van der Waals surface area contributed by atoms with Gasteiger partial charge in [0.25, 0.3) is 0 Å². The molecule has 0 unspecified atom stereocenters. The number of hydrogen-bond acceptors (Lipinski definition) is 3. The Morgan fingerprint density at radius 2 is 1.86 bits per heavy atom. The average Bonchev–Trinajstić information content (AvgIpc) is 2.08. The summed E-state index contributed by atoms with van der Waals surface area (Å²) in [6, 6.07) is 0. The van der Waals surface area contributed by atoms with Crippen LogP contribution in [-0.2, 0) is 4.74 Å². The molecule has 0 heterocycles. The number of ether oxygens (including phenoxy) is 1. The Balaban J connectivity index is 2.99. The highest BCUT2D eigenvalue weighted by Crippen LogP contribution is 2.19. The van der Waals surface area contributed by atoms with E-state index in [1.54, 1.807) is 0 Å². The molecule has 2 N–H and O–H groups in total. The van der Waals surface area contributed by atoms with Crippen molar-refractivity contribution in [2.24, 2.45) is 5.41 Å². The molecule has 0 aromatic carbocycles. The predicted octanol–water partition coefficient (Wildman–Crippen LogP) is 1.41. The van der Waals surface area contributed by atoms with Crippen LogP contribution in [0.2, 0.25) is 0 Å². The molecule has 0 aliphatic carbocycles. The van der Waals surface area contributed by atoms with Gasteiger partial charge in [0, 0.05) is 6.54 Å². The predicted molar refractivity (Wildman–Crippen MR) is 59.5 cm³/mol. The first-order valence-electron chi connectivity index (χ1n) is 5.45. The van der Waals surface area contributed by atoms with E-state index < -0.39 is 0 Å². The lowest BCUT2D eigenvalue weighted by Gasteiger charge is -2.17. The summed E-state index contributed by atoms with van der Waals surface area (Å²) < 4.78 is 5.12. The number of aliphatic hydroxyl groups excluding tert-OH is 1. The summed E-state index contributed by atoms with van der Waals surface area (Å²) in [5, 5.41) is 11.8. The molecule has 0 aliphatic heterocycles. The molecule has 0 amide bonds. The van der Waals surface area contributed by atoms with Crippen LogP contribution in [0.25, 0.3) is 0 Å². The number of hydrogen-bond donors (Lipinski definition) is 2. The lowest BCUT2D eigenvalue weighted by Crippen LogP contribution is -2.22. The van der Waals surface area contributed by atoms with Crippen molar-refractivity contribution < 1.29 is 9.84 Å². The van der Waals surface area contributed by atoms with Crippen molar-refractivity contribution >= 4 is 0 Å². The van der Waals surface area contributed by atoms with E-state index in [2.05, 4.69) is 26.1 Å². The summed E-state index contributed by atoms with van der Waals surface area (Å²) in [6.45, 7) is 9.97. The van der Waals surface area contributed by atoms with Gasteiger partial charge >= 0.3 is 0 Å². The molecule has 0 aliphatic rings. The Morgan fingerprint density at radius 1 is 1.14 bits per heavy atom. The van der Waals surface area contributed by atoms with Crippen molar-refractivity contribution in [1.29, 1.82) is 0 Å². The van der Waals surface area contributed by atoms with E-state index in [1.165, 1.54) is 12.8 Å². The van der Waals surface area contributed by atoms with Crippen molar-refractivity contribution in [1.82, 2.24) is 5.32 Å². The fraction of sp³-hybridized carbons (Fsp3) is 1.00. The molecule has 0 saturated heterocycles. The molecule has 0 saturated carbocycles. The van der Waals surface area contributed by atoms with Crippen molar-refractivity contribution in [3.63, 3.8) is 0 Å². The minimum Gasteiger partial charge on any atom is -0.394 e. The average molecular weight is 203 g/mol. The monoisotopic (exact) mass is 203 g/mol. The van der Waals surface area contributed by atoms with E-state index in [9.17, 15) is 0 Å². The van der Waals surface area contributed by atoms with Crippen LogP contribution in [-0.4, -0.2) is 38.0 Å². The van der Waals surface area contributed by atoms with Gasteiger partial charge in [-0.2, -0.15) is 0 Å². The summed E-state index contributed by atoms with van der Waals surface area (Å²) in [4.78, 5) is 0. The van der Waals surface area contributed by atoms with E-state index >= 15 is 0 Å². The van der Waals surface area contributed by atoms with Crippen LogP contribution >= 0.6 is 0 Å². The molecule has 0 spiro atoms. The van der Waals surface area contributed by atoms with Crippen LogP contribution in [0.4, 0.5) is 0 Å². The summed E-state index contributed by atoms with van der Waals surface area (Å²) in [5.74, 6) is 0. The zero-order valence-electron chi connectivity index (χ0n) is 9.81. The number of aliphatic hydroxyl groups is 1. The maximum absolute atomic E-state index is 8.45. The van der Waals surface area contributed by atoms with Gasteiger partial charge in [-0.3, -0.25) is 0 Å². The van der Waals surface area contributed by atoms with Crippen molar-refractivity contribution in [2.45, 2.75) is 33.6 Å². The first-order chi connectivity index (χ1) is 6.56. The minimum atomic E-state index is 0.115. The minimum absolute atomic E-state index is 0.115. The van der Waals surface area contributed by atoms with Crippen LogP contribution in [0.1, 0.15) is 33.6 Å². The summed E-state index contributed by atoms with van der Waals surface area (Å²) in [6.07, 6.45) is 2.46. The fourth-order valence-corrected chi connectivity index (χ4v) is 1.18. The standard InChI is InChI=1S/C11H25NO2/c1-11(2,3)5-4-6-12-7-9-14-10-8-13/h12-13H,4-10H2,1-3H3. The zero-order valence-corrected chi connectivity index (χ0v) is 9.81. The molecular formula is C11H25NO2. The molecule has 0 radical (unpaired) electrons. The fourth-order valence-electron chi connectivity index (χ4n) is 1.18. The largest absolute Gasteiger partial charge is 0.394 e. The van der Waals surface area contributed by atoms with Gasteiger partial charge in [0.2, 0.25) is 0 Å². The third-order valence-electron chi connectivity index (χ3n) is 1.94. The van der Waals surface area contributed by atoms with Crippen molar-refractivity contribution in [3.8, 4) is 0 Å². The Morgan fingerprint density at radius 3 is 2.43 bits per heavy atom. The van der Waals surface area contributed by atoms with Crippen LogP contribution in [0, 0.1) is 5.41 Å². The SMILES string of the molecule is CC(C)(C)CCCNCCOCCO. The van der Waals surface area contributed by atoms with Gasteiger partial charge < -0.3 is 15.2 Å². The van der Waals surface area contributed by atoms with Gasteiger partial charge in [-0.15, -0.1) is 0 Å². The molecule has 86 valence electrons. The highest BCUT2D eigenvalue weighted by atomic mass is 16.5. The highest BCUT2D eigenvalue weighted by Gasteiger charge is 2.08. The van der Waals surface area contributed by atoms with E-state index in [4.69, 9.17) is 9.84 Å². The highest BCUT2D eigenvalue weighted by molar-refractivity contribution is 4.61. The van der Waals surface area contributed by atoms with Crippen LogP contribution in [0.15, 0.2) is 0 Å². The van der Waals surface area contributed by atoms with E-state index in [-0.39, 0.29) is 6.61 Å². The van der Waals surface area contributed by atoms with E-state index in [0.29, 0.717) is 18.6 Å². The lowest BCUT2D eigenvalue weighted by molar-refractivity contribution is 0.0938. The van der Waals surface area contributed by atoms with Gasteiger partial charge in [0.05, 0.1) is 19.8 Å². The quantitative estimate of drug-likeness (QED) is 0.586. The lowest BCUT2D eigenvalue weighted by atomic mass is 9.91. The van der Waals surface area contributed by atoms with Crippen molar-refractivity contribution in [3.05, 3.63) is 0 Å². The van der Waals surface area contributed by atoms with Gasteiger partial charge in [-0.05, 0) is 24.8 Å². The van der Waals surface area contributed by atoms with Crippen LogP contribution < -0.4 is 5.32 Å². The maximum atomic E-state index is 8.45. The molecule has 0 fully saturated rings. The third kappa shape index (κ3) is 11.9. The first kappa shape index (κ1) is 13.9. The Hall–Kier alpha value is -0.120. The van der Waals surface area contributed by atoms with Gasteiger partial charge in [-0.25, -0.2) is 0 Å². The zero-order chi connectivity index (χ0) is 10.9. The summed E-state index contributed by atoms with van der Waals surface area (Å²) >= 11 is 0. The van der Waals surface area contributed by atoms with Crippen LogP contribution in [0.5, 0.6) is 0 Å². The van der Waals surface area contributed by atoms with Crippen LogP contribution in [0.3, 0.4) is 0 Å². The molecule has 0 atom stereocenters. The number of nitrogens with one attached hydrogen (secondary N) is 1. The molecule has 0 aromatic heterocycles. The Labute approximate surface area is 87.8 Å². The molecule has 0 rings (SSSR count). The smallest absolute Gasteiger partial charge is 0.0698 e. The first-order valence-corrected chi connectivity index (χ1v) is 5.45. The molecule has 0 bridgehead atoms. The Kier molecular flexibility index (Phi) is 8.14. The molecular weight excluding hydrogens is 178 g/mol. The van der Waals surface area contributed by atoms with Gasteiger partial charge in [0.15, 0.2) is 0 Å². The second-order valence-corrected chi connectivity index (χ2v) is 4.75. The number of rotatable bonds is 8. The Bertz CT molecular complexity index is 121. The second kappa shape index (κ2) is 8.21. The summed E-state index contributed by atoms with van der Waals surface area (Å²) in [5.41, 5.74) is 0.440. The van der Waals surface area contributed by atoms with E-state index in [1.807, 2.05) is 0 Å². The van der Waals surface area contributed by atoms with Crippen molar-refractivity contribution in [2.75, 3.05) is 32.9 Å². The van der Waals surface area contributed by atoms with Gasteiger partial charge in [0.1, 0.15) is 0 Å². The molecule has 3 nitrogen and oxygen atoms in total. The molecule has 3 heteroatoms. The van der Waals surface area contributed by atoms with E-state index in [0.717, 1.165) is 13.1 Å². The van der Waals surface area contributed by atoms with Gasteiger partial charge in [-0.1, -0.05) is 20.8 Å². The summed E-state index contributed by atoms with van der Waals surface area (Å²) in [7, 11) is 0. The normalized spacial score (nSPS) is 12.0. The topological polar surface area (TPSA) is 41.5 Å². The third-order valence-corrected chi connectivity index (χ3v) is 1.94. The molecule has 14 heavy (non-hydrogen) atoms.